The zero-order chi connectivity index (χ0) is 18.1. The molecule has 5 heteroatoms. The number of hydrogen-bond donors (Lipinski definition) is 0. The summed E-state index contributed by atoms with van der Waals surface area (Å²) in [4.78, 5) is 17.1. The van der Waals surface area contributed by atoms with Gasteiger partial charge in [-0.2, -0.15) is 0 Å². The second-order valence-corrected chi connectivity index (χ2v) is 6.90. The van der Waals surface area contributed by atoms with Crippen LogP contribution in [0.2, 0.25) is 0 Å². The van der Waals surface area contributed by atoms with E-state index in [4.69, 9.17) is 9.47 Å². The van der Waals surface area contributed by atoms with Crippen LogP contribution in [0.25, 0.3) is 0 Å². The van der Waals surface area contributed by atoms with Crippen molar-refractivity contribution in [2.75, 3.05) is 37.7 Å². The molecule has 4 rings (SSSR count). The normalized spacial score (nSPS) is 19.4. The van der Waals surface area contributed by atoms with Gasteiger partial charge in [-0.15, -0.1) is 0 Å². The summed E-state index contributed by atoms with van der Waals surface area (Å²) in [5.74, 6) is 1.36. The van der Waals surface area contributed by atoms with Crippen LogP contribution in [0.3, 0.4) is 0 Å². The van der Waals surface area contributed by atoms with E-state index in [2.05, 4.69) is 36.9 Å². The van der Waals surface area contributed by atoms with Gasteiger partial charge in [0.1, 0.15) is 6.61 Å². The molecule has 2 aromatic carbocycles. The Labute approximate surface area is 154 Å². The molecule has 0 radical (unpaired) electrons. The van der Waals surface area contributed by atoms with Crippen LogP contribution >= 0.6 is 0 Å². The van der Waals surface area contributed by atoms with Gasteiger partial charge >= 0.3 is 0 Å². The summed E-state index contributed by atoms with van der Waals surface area (Å²) in [6, 6.07) is 13.9. The Morgan fingerprint density at radius 2 is 1.69 bits per heavy atom. The Balaban J connectivity index is 1.39. The first kappa shape index (κ1) is 16.8. The van der Waals surface area contributed by atoms with E-state index < -0.39 is 6.10 Å². The van der Waals surface area contributed by atoms with Crippen LogP contribution in [-0.2, 0) is 4.79 Å². The molecule has 2 heterocycles. The Morgan fingerprint density at radius 1 is 0.962 bits per heavy atom. The maximum atomic E-state index is 12.8. The number of piperazine rings is 1. The molecule has 0 spiro atoms. The Kier molecular flexibility index (Phi) is 4.45. The van der Waals surface area contributed by atoms with Crippen LogP contribution in [0.4, 0.5) is 5.69 Å². The minimum Gasteiger partial charge on any atom is -0.485 e. The summed E-state index contributed by atoms with van der Waals surface area (Å²) in [5, 5.41) is 0. The van der Waals surface area contributed by atoms with Crippen molar-refractivity contribution in [1.29, 1.82) is 0 Å². The quantitative estimate of drug-likeness (QED) is 0.834. The topological polar surface area (TPSA) is 42.0 Å². The molecule has 2 aliphatic rings. The highest BCUT2D eigenvalue weighted by molar-refractivity contribution is 5.82. The van der Waals surface area contributed by atoms with Gasteiger partial charge in [0, 0.05) is 31.9 Å². The molecule has 26 heavy (non-hydrogen) atoms. The molecule has 1 fully saturated rings. The third-order valence-corrected chi connectivity index (χ3v) is 5.29. The van der Waals surface area contributed by atoms with Crippen LogP contribution < -0.4 is 14.4 Å². The predicted molar refractivity (Wildman–Crippen MR) is 101 cm³/mol. The predicted octanol–water partition coefficient (Wildman–Crippen LogP) is 2.79. The van der Waals surface area contributed by atoms with Crippen LogP contribution in [-0.4, -0.2) is 49.7 Å². The van der Waals surface area contributed by atoms with E-state index in [-0.39, 0.29) is 12.5 Å². The monoisotopic (exact) mass is 352 g/mol. The molecule has 2 aromatic rings. The van der Waals surface area contributed by atoms with Gasteiger partial charge in [0.05, 0.1) is 0 Å². The Bertz CT molecular complexity index is 813. The molecule has 1 saturated heterocycles. The minimum atomic E-state index is -0.558. The van der Waals surface area contributed by atoms with Crippen molar-refractivity contribution >= 4 is 11.6 Å². The lowest BCUT2D eigenvalue weighted by Gasteiger charge is -2.38. The van der Waals surface area contributed by atoms with Gasteiger partial charge in [0.2, 0.25) is 6.10 Å². The van der Waals surface area contributed by atoms with Crippen molar-refractivity contribution < 1.29 is 14.3 Å². The number of nitrogens with zero attached hydrogens (tertiary/aromatic N) is 2. The van der Waals surface area contributed by atoms with E-state index in [0.29, 0.717) is 24.6 Å². The van der Waals surface area contributed by atoms with Crippen molar-refractivity contribution in [3.63, 3.8) is 0 Å². The fraction of sp³-hybridized carbons (Fsp3) is 0.381. The van der Waals surface area contributed by atoms with Crippen molar-refractivity contribution in [3.05, 3.63) is 53.6 Å². The number of fused-ring (bicyclic) bond motifs is 1. The molecule has 1 atom stereocenters. The smallest absolute Gasteiger partial charge is 0.267 e. The zero-order valence-electron chi connectivity index (χ0n) is 15.3. The van der Waals surface area contributed by atoms with E-state index >= 15 is 0 Å². The summed E-state index contributed by atoms with van der Waals surface area (Å²) in [6.45, 7) is 7.64. The first-order valence-corrected chi connectivity index (χ1v) is 9.12. The van der Waals surface area contributed by atoms with Crippen LogP contribution in [0.1, 0.15) is 11.1 Å². The first-order valence-electron chi connectivity index (χ1n) is 9.12. The fourth-order valence-corrected chi connectivity index (χ4v) is 3.59. The summed E-state index contributed by atoms with van der Waals surface area (Å²) in [6.07, 6.45) is -0.558. The molecule has 136 valence electrons. The van der Waals surface area contributed by atoms with Crippen molar-refractivity contribution in [3.8, 4) is 11.5 Å². The number of rotatable bonds is 2. The number of anilines is 1. The number of carbonyl (C=O) groups excluding carboxylic acids is 1. The van der Waals surface area contributed by atoms with Gasteiger partial charge < -0.3 is 19.3 Å². The molecule has 0 bridgehead atoms. The number of amides is 1. The molecule has 0 N–H and O–H groups in total. The van der Waals surface area contributed by atoms with Gasteiger partial charge in [0.25, 0.3) is 5.91 Å². The third kappa shape index (κ3) is 3.09. The Hall–Kier alpha value is -2.69. The van der Waals surface area contributed by atoms with Gasteiger partial charge in [-0.25, -0.2) is 0 Å². The molecule has 0 aromatic heterocycles. The lowest BCUT2D eigenvalue weighted by Crippen LogP contribution is -2.54. The number of para-hydroxylation sites is 2. The van der Waals surface area contributed by atoms with Crippen LogP contribution in [0.5, 0.6) is 11.5 Å². The summed E-state index contributed by atoms with van der Waals surface area (Å²) in [5.41, 5.74) is 3.88. The van der Waals surface area contributed by atoms with Gasteiger partial charge in [-0.05, 0) is 43.2 Å². The lowest BCUT2D eigenvalue weighted by atomic mass is 10.1. The van der Waals surface area contributed by atoms with Crippen molar-refractivity contribution in [2.45, 2.75) is 20.0 Å². The fourth-order valence-electron chi connectivity index (χ4n) is 3.59. The van der Waals surface area contributed by atoms with E-state index in [0.717, 1.165) is 13.1 Å². The van der Waals surface area contributed by atoms with Crippen molar-refractivity contribution in [1.82, 2.24) is 4.90 Å². The highest BCUT2D eigenvalue weighted by atomic mass is 16.6. The van der Waals surface area contributed by atoms with Crippen LogP contribution in [0.15, 0.2) is 42.5 Å². The highest BCUT2D eigenvalue weighted by Crippen LogP contribution is 2.31. The number of aryl methyl sites for hydroxylation is 1. The largest absolute Gasteiger partial charge is 0.485 e. The molecule has 0 saturated carbocycles. The van der Waals surface area contributed by atoms with Gasteiger partial charge in [-0.1, -0.05) is 24.3 Å². The molecule has 0 unspecified atom stereocenters. The van der Waals surface area contributed by atoms with E-state index in [1.807, 2.05) is 29.2 Å². The highest BCUT2D eigenvalue weighted by Gasteiger charge is 2.32. The number of ether oxygens (including phenoxy) is 2. The van der Waals surface area contributed by atoms with Crippen molar-refractivity contribution in [2.24, 2.45) is 0 Å². The number of hydrogen-bond acceptors (Lipinski definition) is 4. The third-order valence-electron chi connectivity index (χ3n) is 5.29. The van der Waals surface area contributed by atoms with Crippen LogP contribution in [0, 0.1) is 13.8 Å². The average molecular weight is 352 g/mol. The molecule has 5 nitrogen and oxygen atoms in total. The zero-order valence-corrected chi connectivity index (χ0v) is 15.3. The average Bonchev–Trinajstić information content (AvgIpc) is 2.69. The first-order chi connectivity index (χ1) is 12.6. The molecule has 2 aliphatic heterocycles. The van der Waals surface area contributed by atoms with E-state index in [1.165, 1.54) is 16.8 Å². The van der Waals surface area contributed by atoms with E-state index in [1.54, 1.807) is 0 Å². The molecule has 0 aliphatic carbocycles. The summed E-state index contributed by atoms with van der Waals surface area (Å²) < 4.78 is 11.5. The maximum absolute atomic E-state index is 12.8. The standard InChI is InChI=1S/C21H24N2O3/c1-15-6-5-7-17(16(15)2)22-10-12-23(13-11-22)21(24)20-14-25-18-8-3-4-9-19(18)26-20/h3-9,20H,10-14H2,1-2H3/t20-/m0/s1. The lowest BCUT2D eigenvalue weighted by molar-refractivity contribution is -0.141. The number of benzene rings is 2. The minimum absolute atomic E-state index is 0.0140. The second-order valence-electron chi connectivity index (χ2n) is 6.90. The van der Waals surface area contributed by atoms with E-state index in [9.17, 15) is 4.79 Å². The van der Waals surface area contributed by atoms with Gasteiger partial charge in [0.15, 0.2) is 11.5 Å². The molecular weight excluding hydrogens is 328 g/mol. The second kappa shape index (κ2) is 6.90. The summed E-state index contributed by atoms with van der Waals surface area (Å²) >= 11 is 0. The van der Waals surface area contributed by atoms with Gasteiger partial charge in [-0.3, -0.25) is 4.79 Å². The number of carbonyl (C=O) groups is 1. The Morgan fingerprint density at radius 3 is 2.46 bits per heavy atom. The molecule has 1 amide bonds. The SMILES string of the molecule is Cc1cccc(N2CCN(C(=O)[C@@H]3COc4ccccc4O3)CC2)c1C. The molecular formula is C21H24N2O3. The summed E-state index contributed by atoms with van der Waals surface area (Å²) in [7, 11) is 0. The maximum Gasteiger partial charge on any atom is 0.267 e.